The van der Waals surface area contributed by atoms with Crippen molar-refractivity contribution in [1.29, 1.82) is 0 Å². The van der Waals surface area contributed by atoms with E-state index in [2.05, 4.69) is 6.92 Å². The van der Waals surface area contributed by atoms with Gasteiger partial charge in [0.2, 0.25) is 0 Å². The lowest BCUT2D eigenvalue weighted by Crippen LogP contribution is -1.95. The molecule has 0 spiro atoms. The minimum Gasteiger partial charge on any atom is -0.478 e. The van der Waals surface area contributed by atoms with Gasteiger partial charge in [0.15, 0.2) is 0 Å². The molecule has 3 nitrogen and oxygen atoms in total. The number of aromatic carboxylic acids is 1. The fourth-order valence-corrected chi connectivity index (χ4v) is 1.04. The lowest BCUT2D eigenvalue weighted by atomic mass is 10.2. The molecular formula is C12H14O3. The van der Waals surface area contributed by atoms with Crippen molar-refractivity contribution >= 4 is 5.97 Å². The van der Waals surface area contributed by atoms with E-state index in [1.165, 1.54) is 12.1 Å². The maximum absolute atomic E-state index is 10.6. The summed E-state index contributed by atoms with van der Waals surface area (Å²) in [6.45, 7) is 2.09. The summed E-state index contributed by atoms with van der Waals surface area (Å²) in [5.74, 6) is -0.282. The Balaban J connectivity index is 2.53. The van der Waals surface area contributed by atoms with E-state index < -0.39 is 5.97 Å². The van der Waals surface area contributed by atoms with E-state index in [1.54, 1.807) is 18.4 Å². The van der Waals surface area contributed by atoms with Crippen molar-refractivity contribution in [3.05, 3.63) is 42.2 Å². The number of benzene rings is 1. The van der Waals surface area contributed by atoms with Crippen molar-refractivity contribution in [2.24, 2.45) is 0 Å². The van der Waals surface area contributed by atoms with Crippen LogP contribution >= 0.6 is 0 Å². The first-order chi connectivity index (χ1) is 7.24. The average Bonchev–Trinajstić information content (AvgIpc) is 2.25. The quantitative estimate of drug-likeness (QED) is 0.753. The third-order valence-electron chi connectivity index (χ3n) is 1.86. The lowest BCUT2D eigenvalue weighted by molar-refractivity contribution is 0.0697. The van der Waals surface area contributed by atoms with Crippen molar-refractivity contribution in [1.82, 2.24) is 0 Å². The molecule has 0 heterocycles. The highest BCUT2D eigenvalue weighted by Crippen LogP contribution is 2.12. The highest BCUT2D eigenvalue weighted by atomic mass is 16.5. The van der Waals surface area contributed by atoms with Gasteiger partial charge >= 0.3 is 5.97 Å². The van der Waals surface area contributed by atoms with Crippen LogP contribution in [-0.2, 0) is 0 Å². The van der Waals surface area contributed by atoms with Crippen molar-refractivity contribution in [2.75, 3.05) is 0 Å². The number of carbonyl (C=O) groups is 1. The monoisotopic (exact) mass is 206 g/mol. The Morgan fingerprint density at radius 1 is 1.40 bits per heavy atom. The molecule has 0 fully saturated rings. The Kier molecular flexibility index (Phi) is 4.41. The van der Waals surface area contributed by atoms with E-state index in [0.29, 0.717) is 5.75 Å². The van der Waals surface area contributed by atoms with Crippen LogP contribution in [-0.4, -0.2) is 11.1 Å². The van der Waals surface area contributed by atoms with Crippen LogP contribution in [0.15, 0.2) is 36.6 Å². The van der Waals surface area contributed by atoms with Gasteiger partial charge in [-0.3, -0.25) is 0 Å². The second-order valence-corrected chi connectivity index (χ2v) is 3.11. The highest BCUT2D eigenvalue weighted by Gasteiger charge is 2.00. The SMILES string of the molecule is CCCC=COc1ccc(C(=O)O)cc1. The zero-order valence-electron chi connectivity index (χ0n) is 8.64. The Morgan fingerprint density at radius 3 is 2.60 bits per heavy atom. The summed E-state index contributed by atoms with van der Waals surface area (Å²) in [5, 5.41) is 8.67. The minimum absolute atomic E-state index is 0.264. The molecule has 0 radical (unpaired) electrons. The minimum atomic E-state index is -0.928. The fraction of sp³-hybridized carbons (Fsp3) is 0.250. The maximum atomic E-state index is 10.6. The highest BCUT2D eigenvalue weighted by molar-refractivity contribution is 5.87. The predicted octanol–water partition coefficient (Wildman–Crippen LogP) is 3.08. The lowest BCUT2D eigenvalue weighted by Gasteiger charge is -2.00. The summed E-state index contributed by atoms with van der Waals surface area (Å²) in [6, 6.07) is 6.32. The smallest absolute Gasteiger partial charge is 0.335 e. The Hall–Kier alpha value is -1.77. The molecule has 0 atom stereocenters. The molecule has 1 aromatic rings. The van der Waals surface area contributed by atoms with Crippen LogP contribution in [0.4, 0.5) is 0 Å². The molecule has 3 heteroatoms. The average molecular weight is 206 g/mol. The predicted molar refractivity (Wildman–Crippen MR) is 58.1 cm³/mol. The largest absolute Gasteiger partial charge is 0.478 e. The molecule has 80 valence electrons. The molecule has 15 heavy (non-hydrogen) atoms. The van der Waals surface area contributed by atoms with Crippen LogP contribution in [0.2, 0.25) is 0 Å². The summed E-state index contributed by atoms with van der Waals surface area (Å²) in [7, 11) is 0. The van der Waals surface area contributed by atoms with Crippen molar-refractivity contribution in [3.8, 4) is 5.75 Å². The van der Waals surface area contributed by atoms with Crippen LogP contribution in [0, 0.1) is 0 Å². The van der Waals surface area contributed by atoms with E-state index in [0.717, 1.165) is 12.8 Å². The van der Waals surface area contributed by atoms with Crippen LogP contribution in [0.1, 0.15) is 30.1 Å². The maximum Gasteiger partial charge on any atom is 0.335 e. The van der Waals surface area contributed by atoms with Crippen molar-refractivity contribution in [3.63, 3.8) is 0 Å². The first kappa shape index (κ1) is 11.3. The Morgan fingerprint density at radius 2 is 2.07 bits per heavy atom. The Labute approximate surface area is 89.0 Å². The third kappa shape index (κ3) is 3.85. The molecule has 0 saturated heterocycles. The molecule has 0 aliphatic heterocycles. The van der Waals surface area contributed by atoms with Crippen LogP contribution in [0.25, 0.3) is 0 Å². The molecule has 0 aliphatic rings. The van der Waals surface area contributed by atoms with Gasteiger partial charge in [-0.05, 0) is 36.8 Å². The number of unbranched alkanes of at least 4 members (excludes halogenated alkanes) is 1. The summed E-state index contributed by atoms with van der Waals surface area (Å²) >= 11 is 0. The van der Waals surface area contributed by atoms with Gasteiger partial charge in [0.25, 0.3) is 0 Å². The Bertz CT molecular complexity index is 338. The molecule has 0 aliphatic carbocycles. The second-order valence-electron chi connectivity index (χ2n) is 3.11. The molecule has 0 bridgehead atoms. The molecule has 0 aromatic heterocycles. The van der Waals surface area contributed by atoms with Crippen LogP contribution in [0.5, 0.6) is 5.75 Å². The van der Waals surface area contributed by atoms with Gasteiger partial charge in [-0.15, -0.1) is 0 Å². The van der Waals surface area contributed by atoms with E-state index >= 15 is 0 Å². The van der Waals surface area contributed by atoms with E-state index in [9.17, 15) is 4.79 Å². The molecule has 0 saturated carbocycles. The normalized spacial score (nSPS) is 10.5. The zero-order chi connectivity index (χ0) is 11.1. The van der Waals surface area contributed by atoms with Crippen molar-refractivity contribution < 1.29 is 14.6 Å². The van der Waals surface area contributed by atoms with Gasteiger partial charge in [-0.2, -0.15) is 0 Å². The van der Waals surface area contributed by atoms with Gasteiger partial charge < -0.3 is 9.84 Å². The number of hydrogen-bond acceptors (Lipinski definition) is 2. The van der Waals surface area contributed by atoms with Gasteiger partial charge in [0.05, 0.1) is 11.8 Å². The number of hydrogen-bond donors (Lipinski definition) is 1. The summed E-state index contributed by atoms with van der Waals surface area (Å²) in [5.41, 5.74) is 0.264. The summed E-state index contributed by atoms with van der Waals surface area (Å²) in [6.07, 6.45) is 5.62. The van der Waals surface area contributed by atoms with E-state index in [-0.39, 0.29) is 5.56 Å². The first-order valence-electron chi connectivity index (χ1n) is 4.89. The third-order valence-corrected chi connectivity index (χ3v) is 1.86. The molecule has 0 amide bonds. The molecule has 1 aromatic carbocycles. The number of allylic oxidation sites excluding steroid dienone is 1. The van der Waals surface area contributed by atoms with Crippen LogP contribution in [0.3, 0.4) is 0 Å². The molecule has 1 N–H and O–H groups in total. The van der Waals surface area contributed by atoms with E-state index in [1.807, 2.05) is 6.08 Å². The summed E-state index contributed by atoms with van der Waals surface area (Å²) < 4.78 is 5.27. The second kappa shape index (κ2) is 5.86. The fourth-order valence-electron chi connectivity index (χ4n) is 1.04. The molecular weight excluding hydrogens is 192 g/mol. The standard InChI is InChI=1S/C12H14O3/c1-2-3-4-9-15-11-7-5-10(6-8-11)12(13)14/h4-9H,2-3H2,1H3,(H,13,14). The van der Waals surface area contributed by atoms with E-state index in [4.69, 9.17) is 9.84 Å². The van der Waals surface area contributed by atoms with Crippen LogP contribution < -0.4 is 4.74 Å². The van der Waals surface area contributed by atoms with Gasteiger partial charge in [-0.1, -0.05) is 13.3 Å². The molecule has 0 unspecified atom stereocenters. The van der Waals surface area contributed by atoms with Gasteiger partial charge in [0.1, 0.15) is 5.75 Å². The first-order valence-corrected chi connectivity index (χ1v) is 4.89. The number of ether oxygens (including phenoxy) is 1. The zero-order valence-corrected chi connectivity index (χ0v) is 8.64. The van der Waals surface area contributed by atoms with Gasteiger partial charge in [-0.25, -0.2) is 4.79 Å². The van der Waals surface area contributed by atoms with Crippen molar-refractivity contribution in [2.45, 2.75) is 19.8 Å². The number of carboxylic acids is 1. The van der Waals surface area contributed by atoms with Gasteiger partial charge in [0, 0.05) is 0 Å². The number of carboxylic acid groups (broad SMARTS) is 1. The summed E-state index contributed by atoms with van der Waals surface area (Å²) in [4.78, 5) is 10.6. The molecule has 1 rings (SSSR count). The topological polar surface area (TPSA) is 46.5 Å². The number of rotatable bonds is 5.